The number of carboxylic acid groups (broad SMARTS) is 1. The van der Waals surface area contributed by atoms with Crippen LogP contribution in [0.4, 0.5) is 13.9 Å². The van der Waals surface area contributed by atoms with Crippen LogP contribution < -0.4 is 4.72 Å². The lowest BCUT2D eigenvalue weighted by Crippen LogP contribution is -2.17. The maximum Gasteiger partial charge on any atom is 0.341 e. The first-order valence-electron chi connectivity index (χ1n) is 5.39. The van der Waals surface area contributed by atoms with Crippen LogP contribution in [-0.4, -0.2) is 24.5 Å². The maximum absolute atomic E-state index is 13.9. The standard InChI is InChI=1S/C11H8F2N2O4S2/c1-5-4-14-11(20-5)15-21(18,19)7-3-2-6(12)8(9(7)13)10(16)17/h2-4H,1H3,(H,14,15)(H,16,17). The molecular formula is C11H8F2N2O4S2. The molecule has 0 radical (unpaired) electrons. The van der Waals surface area contributed by atoms with Crippen molar-refractivity contribution in [1.29, 1.82) is 0 Å². The van der Waals surface area contributed by atoms with E-state index >= 15 is 0 Å². The summed E-state index contributed by atoms with van der Waals surface area (Å²) in [6.45, 7) is 1.69. The molecule has 0 aliphatic rings. The first-order valence-corrected chi connectivity index (χ1v) is 7.69. The average molecular weight is 334 g/mol. The molecule has 112 valence electrons. The van der Waals surface area contributed by atoms with Gasteiger partial charge in [0, 0.05) is 11.1 Å². The molecule has 6 nitrogen and oxygen atoms in total. The number of hydrogen-bond acceptors (Lipinski definition) is 5. The molecule has 2 aromatic rings. The number of thiazole rings is 1. The lowest BCUT2D eigenvalue weighted by Gasteiger charge is -2.08. The normalized spacial score (nSPS) is 11.4. The Hall–Kier alpha value is -2.07. The Morgan fingerprint density at radius 1 is 1.38 bits per heavy atom. The molecule has 0 bridgehead atoms. The number of nitrogens with one attached hydrogen (secondary N) is 1. The van der Waals surface area contributed by atoms with Crippen molar-refractivity contribution in [2.24, 2.45) is 0 Å². The highest BCUT2D eigenvalue weighted by Gasteiger charge is 2.27. The van der Waals surface area contributed by atoms with Crippen molar-refractivity contribution in [3.63, 3.8) is 0 Å². The smallest absolute Gasteiger partial charge is 0.341 e. The van der Waals surface area contributed by atoms with Crippen LogP contribution in [-0.2, 0) is 10.0 Å². The molecule has 10 heteroatoms. The Balaban J connectivity index is 2.50. The monoisotopic (exact) mass is 334 g/mol. The molecule has 0 unspecified atom stereocenters. The number of sulfonamides is 1. The van der Waals surface area contributed by atoms with Crippen molar-refractivity contribution < 1.29 is 27.1 Å². The molecule has 0 saturated heterocycles. The van der Waals surface area contributed by atoms with Gasteiger partial charge in [0.05, 0.1) is 0 Å². The lowest BCUT2D eigenvalue weighted by atomic mass is 10.2. The third-order valence-electron chi connectivity index (χ3n) is 2.40. The van der Waals surface area contributed by atoms with Crippen molar-refractivity contribution in [3.05, 3.63) is 40.4 Å². The summed E-state index contributed by atoms with van der Waals surface area (Å²) in [4.78, 5) is 14.3. The number of carboxylic acids is 1. The van der Waals surface area contributed by atoms with Crippen molar-refractivity contribution >= 4 is 32.5 Å². The zero-order valence-electron chi connectivity index (χ0n) is 10.4. The van der Waals surface area contributed by atoms with E-state index in [2.05, 4.69) is 4.98 Å². The van der Waals surface area contributed by atoms with E-state index in [0.717, 1.165) is 16.2 Å². The van der Waals surface area contributed by atoms with E-state index in [-0.39, 0.29) is 5.13 Å². The topological polar surface area (TPSA) is 96.4 Å². The number of benzene rings is 1. The summed E-state index contributed by atoms with van der Waals surface area (Å²) in [7, 11) is -4.41. The van der Waals surface area contributed by atoms with E-state index in [1.807, 2.05) is 4.72 Å². The van der Waals surface area contributed by atoms with Gasteiger partial charge in [-0.05, 0) is 19.1 Å². The fourth-order valence-electron chi connectivity index (χ4n) is 1.51. The second-order valence-electron chi connectivity index (χ2n) is 3.92. The summed E-state index contributed by atoms with van der Waals surface area (Å²) >= 11 is 1.01. The van der Waals surface area contributed by atoms with Crippen LogP contribution in [0.5, 0.6) is 0 Å². The van der Waals surface area contributed by atoms with E-state index < -0.39 is 38.1 Å². The molecule has 1 aromatic carbocycles. The molecule has 0 aliphatic heterocycles. The van der Waals surface area contributed by atoms with Crippen molar-refractivity contribution in [3.8, 4) is 0 Å². The minimum atomic E-state index is -4.41. The second kappa shape index (κ2) is 5.37. The predicted octanol–water partition coefficient (Wildman–Crippen LogP) is 2.23. The zero-order valence-corrected chi connectivity index (χ0v) is 12.1. The molecule has 21 heavy (non-hydrogen) atoms. The fourth-order valence-corrected chi connectivity index (χ4v) is 3.50. The summed E-state index contributed by atoms with van der Waals surface area (Å²) in [5.41, 5.74) is -1.33. The molecule has 1 aromatic heterocycles. The number of nitrogens with zero attached hydrogens (tertiary/aromatic N) is 1. The van der Waals surface area contributed by atoms with Crippen molar-refractivity contribution in [2.75, 3.05) is 4.72 Å². The molecule has 1 heterocycles. The maximum atomic E-state index is 13.9. The first-order chi connectivity index (χ1) is 9.72. The summed E-state index contributed by atoms with van der Waals surface area (Å²) in [6, 6.07) is 1.23. The molecule has 2 rings (SSSR count). The largest absolute Gasteiger partial charge is 0.477 e. The number of hydrogen-bond donors (Lipinski definition) is 2. The first kappa shape index (κ1) is 15.3. The highest BCUT2D eigenvalue weighted by Crippen LogP contribution is 2.25. The molecule has 0 spiro atoms. The molecule has 0 fully saturated rings. The minimum Gasteiger partial charge on any atom is -0.477 e. The number of halogens is 2. The molecule has 2 N–H and O–H groups in total. The Labute approximate surface area is 122 Å². The molecule has 0 amide bonds. The van der Waals surface area contributed by atoms with E-state index in [9.17, 15) is 22.0 Å². The van der Waals surface area contributed by atoms with Gasteiger partial charge in [-0.1, -0.05) is 0 Å². The predicted molar refractivity (Wildman–Crippen MR) is 71.0 cm³/mol. The summed E-state index contributed by atoms with van der Waals surface area (Å²) in [5.74, 6) is -4.92. The van der Waals surface area contributed by atoms with E-state index in [4.69, 9.17) is 5.11 Å². The van der Waals surface area contributed by atoms with Crippen LogP contribution in [0.3, 0.4) is 0 Å². The van der Waals surface area contributed by atoms with Crippen molar-refractivity contribution in [1.82, 2.24) is 4.98 Å². The van der Waals surface area contributed by atoms with Crippen molar-refractivity contribution in [2.45, 2.75) is 11.8 Å². The highest BCUT2D eigenvalue weighted by molar-refractivity contribution is 7.93. The van der Waals surface area contributed by atoms with Gasteiger partial charge in [0.15, 0.2) is 10.9 Å². The van der Waals surface area contributed by atoms with Crippen LogP contribution in [0, 0.1) is 18.6 Å². The van der Waals surface area contributed by atoms with Gasteiger partial charge in [-0.3, -0.25) is 4.72 Å². The van der Waals surface area contributed by atoms with E-state index in [1.54, 1.807) is 6.92 Å². The van der Waals surface area contributed by atoms with Crippen LogP contribution in [0.1, 0.15) is 15.2 Å². The summed E-state index contributed by atoms with van der Waals surface area (Å²) in [5, 5.41) is 8.72. The van der Waals surface area contributed by atoms with Gasteiger partial charge in [0.25, 0.3) is 10.0 Å². The SMILES string of the molecule is Cc1cnc(NS(=O)(=O)c2ccc(F)c(C(=O)O)c2F)s1. The van der Waals surface area contributed by atoms with Gasteiger partial charge in [0.2, 0.25) is 0 Å². The highest BCUT2D eigenvalue weighted by atomic mass is 32.2. The van der Waals surface area contributed by atoms with Gasteiger partial charge in [-0.2, -0.15) is 0 Å². The Bertz CT molecular complexity index is 818. The zero-order chi connectivity index (χ0) is 15.8. The number of carbonyl (C=O) groups is 1. The van der Waals surface area contributed by atoms with Gasteiger partial charge in [-0.15, -0.1) is 11.3 Å². The lowest BCUT2D eigenvalue weighted by molar-refractivity contribution is 0.0685. The Kier molecular flexibility index (Phi) is 3.92. The minimum absolute atomic E-state index is 0.00639. The van der Waals surface area contributed by atoms with Gasteiger partial charge in [0.1, 0.15) is 16.3 Å². The average Bonchev–Trinajstić information content (AvgIpc) is 2.72. The molecular weight excluding hydrogens is 326 g/mol. The van der Waals surface area contributed by atoms with Crippen LogP contribution >= 0.6 is 11.3 Å². The van der Waals surface area contributed by atoms with E-state index in [0.29, 0.717) is 12.1 Å². The fraction of sp³-hybridized carbons (Fsp3) is 0.0909. The van der Waals surface area contributed by atoms with Gasteiger partial charge in [-0.25, -0.2) is 27.0 Å². The number of aromatic nitrogens is 1. The van der Waals surface area contributed by atoms with Crippen LogP contribution in [0.2, 0.25) is 0 Å². The van der Waals surface area contributed by atoms with E-state index in [1.165, 1.54) is 6.20 Å². The van der Waals surface area contributed by atoms with Gasteiger partial charge < -0.3 is 5.11 Å². The number of aromatic carboxylic acids is 1. The Morgan fingerprint density at radius 3 is 2.57 bits per heavy atom. The number of anilines is 1. The van der Waals surface area contributed by atoms with Crippen LogP contribution in [0.25, 0.3) is 0 Å². The Morgan fingerprint density at radius 2 is 2.05 bits per heavy atom. The summed E-state index contributed by atoms with van der Waals surface area (Å²) < 4.78 is 53.2. The second-order valence-corrected chi connectivity index (χ2v) is 6.81. The molecule has 0 atom stereocenters. The number of rotatable bonds is 4. The summed E-state index contributed by atoms with van der Waals surface area (Å²) in [6.07, 6.45) is 1.41. The third kappa shape index (κ3) is 3.00. The molecule has 0 saturated carbocycles. The quantitative estimate of drug-likeness (QED) is 0.894. The number of aryl methyl sites for hydroxylation is 1. The van der Waals surface area contributed by atoms with Gasteiger partial charge >= 0.3 is 5.97 Å². The van der Waals surface area contributed by atoms with Crippen LogP contribution in [0.15, 0.2) is 23.2 Å². The third-order valence-corrected chi connectivity index (χ3v) is 4.72. The molecule has 0 aliphatic carbocycles.